The Bertz CT molecular complexity index is 515. The summed E-state index contributed by atoms with van der Waals surface area (Å²) in [6, 6.07) is 5.00. The first-order valence-electron chi connectivity index (χ1n) is 6.88. The largest absolute Gasteiger partial charge is 0.381 e. The van der Waals surface area contributed by atoms with Crippen molar-refractivity contribution >= 4 is 10.0 Å². The molecular formula is C14H24N2O3S. The van der Waals surface area contributed by atoms with E-state index in [0.29, 0.717) is 32.7 Å². The van der Waals surface area contributed by atoms with Crippen LogP contribution in [-0.2, 0) is 21.3 Å². The van der Waals surface area contributed by atoms with Gasteiger partial charge < -0.3 is 10.5 Å². The molecule has 0 atom stereocenters. The maximum absolute atomic E-state index is 12.1. The van der Waals surface area contributed by atoms with E-state index in [4.69, 9.17) is 10.5 Å². The molecule has 0 saturated heterocycles. The van der Waals surface area contributed by atoms with Crippen molar-refractivity contribution in [2.75, 3.05) is 19.8 Å². The number of nitrogens with two attached hydrogens (primary N) is 1. The number of hydrogen-bond donors (Lipinski definition) is 2. The van der Waals surface area contributed by atoms with Gasteiger partial charge in [0.1, 0.15) is 0 Å². The normalized spacial score (nSPS) is 11.8. The molecular weight excluding hydrogens is 276 g/mol. The van der Waals surface area contributed by atoms with Gasteiger partial charge in [0.15, 0.2) is 0 Å². The number of rotatable bonds is 9. The van der Waals surface area contributed by atoms with Crippen molar-refractivity contribution in [1.82, 2.24) is 4.72 Å². The average molecular weight is 300 g/mol. The third kappa shape index (κ3) is 5.20. The second-order valence-electron chi connectivity index (χ2n) is 4.66. The van der Waals surface area contributed by atoms with Crippen LogP contribution >= 0.6 is 0 Å². The van der Waals surface area contributed by atoms with Gasteiger partial charge in [0.2, 0.25) is 10.0 Å². The Balaban J connectivity index is 2.54. The van der Waals surface area contributed by atoms with Crippen molar-refractivity contribution in [3.05, 3.63) is 29.3 Å². The molecule has 1 aromatic carbocycles. The Kier molecular flexibility index (Phi) is 7.15. The van der Waals surface area contributed by atoms with Gasteiger partial charge in [-0.15, -0.1) is 0 Å². The lowest BCUT2D eigenvalue weighted by atomic mass is 10.1. The quantitative estimate of drug-likeness (QED) is 0.678. The van der Waals surface area contributed by atoms with E-state index < -0.39 is 10.0 Å². The number of ether oxygens (including phenoxy) is 1. The lowest BCUT2D eigenvalue weighted by Gasteiger charge is -2.09. The van der Waals surface area contributed by atoms with Crippen LogP contribution in [0.4, 0.5) is 0 Å². The molecule has 0 aromatic heterocycles. The highest BCUT2D eigenvalue weighted by molar-refractivity contribution is 7.89. The summed E-state index contributed by atoms with van der Waals surface area (Å²) < 4.78 is 32.1. The van der Waals surface area contributed by atoms with Gasteiger partial charge in [-0.1, -0.05) is 13.0 Å². The molecule has 1 aromatic rings. The van der Waals surface area contributed by atoms with E-state index in [2.05, 4.69) is 4.72 Å². The van der Waals surface area contributed by atoms with Crippen LogP contribution in [0, 0.1) is 6.92 Å². The fourth-order valence-electron chi connectivity index (χ4n) is 1.78. The van der Waals surface area contributed by atoms with Crippen LogP contribution in [0.1, 0.15) is 30.9 Å². The zero-order chi connectivity index (χ0) is 15.0. The minimum Gasteiger partial charge on any atom is -0.381 e. The van der Waals surface area contributed by atoms with E-state index in [0.717, 1.165) is 17.5 Å². The van der Waals surface area contributed by atoms with Gasteiger partial charge in [-0.3, -0.25) is 0 Å². The maximum atomic E-state index is 12.1. The highest BCUT2D eigenvalue weighted by Gasteiger charge is 2.14. The van der Waals surface area contributed by atoms with E-state index in [1.807, 2.05) is 13.8 Å². The summed E-state index contributed by atoms with van der Waals surface area (Å²) in [4.78, 5) is 0.279. The van der Waals surface area contributed by atoms with Gasteiger partial charge in [-0.05, 0) is 43.0 Å². The molecule has 1 rings (SSSR count). The Morgan fingerprint density at radius 3 is 2.65 bits per heavy atom. The van der Waals surface area contributed by atoms with E-state index >= 15 is 0 Å². The number of aryl methyl sites for hydroxylation is 1. The second-order valence-corrected chi connectivity index (χ2v) is 6.42. The first-order valence-corrected chi connectivity index (χ1v) is 8.36. The molecule has 114 valence electrons. The molecule has 0 aliphatic rings. The molecule has 6 heteroatoms. The number of hydrogen-bond acceptors (Lipinski definition) is 4. The van der Waals surface area contributed by atoms with Crippen molar-refractivity contribution in [1.29, 1.82) is 0 Å². The third-order valence-electron chi connectivity index (χ3n) is 2.95. The van der Waals surface area contributed by atoms with E-state index in [9.17, 15) is 8.42 Å². The molecule has 0 unspecified atom stereocenters. The highest BCUT2D eigenvalue weighted by atomic mass is 32.2. The molecule has 3 N–H and O–H groups in total. The van der Waals surface area contributed by atoms with Gasteiger partial charge in [0.05, 0.1) is 4.90 Å². The number of nitrogens with one attached hydrogen (secondary N) is 1. The SMILES string of the molecule is CCCOCCCNS(=O)(=O)c1ccc(CN)c(C)c1. The van der Waals surface area contributed by atoms with Gasteiger partial charge in [0.25, 0.3) is 0 Å². The molecule has 20 heavy (non-hydrogen) atoms. The van der Waals surface area contributed by atoms with Crippen LogP contribution < -0.4 is 10.5 Å². The Labute approximate surface area is 121 Å². The third-order valence-corrected chi connectivity index (χ3v) is 4.41. The van der Waals surface area contributed by atoms with Crippen LogP contribution in [-0.4, -0.2) is 28.2 Å². The molecule has 0 fully saturated rings. The lowest BCUT2D eigenvalue weighted by molar-refractivity contribution is 0.133. The van der Waals surface area contributed by atoms with Crippen molar-refractivity contribution in [3.8, 4) is 0 Å². The Hall–Kier alpha value is -0.950. The number of benzene rings is 1. The van der Waals surface area contributed by atoms with Crippen molar-refractivity contribution in [2.24, 2.45) is 5.73 Å². The predicted molar refractivity (Wildman–Crippen MR) is 80.0 cm³/mol. The molecule has 0 aliphatic heterocycles. The monoisotopic (exact) mass is 300 g/mol. The number of sulfonamides is 1. The minimum absolute atomic E-state index is 0.279. The summed E-state index contributed by atoms with van der Waals surface area (Å²) in [6.07, 6.45) is 1.64. The summed E-state index contributed by atoms with van der Waals surface area (Å²) in [5, 5.41) is 0. The minimum atomic E-state index is -3.45. The molecule has 0 aliphatic carbocycles. The van der Waals surface area contributed by atoms with Crippen LogP contribution in [0.3, 0.4) is 0 Å². The zero-order valence-corrected chi connectivity index (χ0v) is 13.0. The van der Waals surface area contributed by atoms with Crippen molar-refractivity contribution in [3.63, 3.8) is 0 Å². The second kappa shape index (κ2) is 8.36. The molecule has 0 radical (unpaired) electrons. The zero-order valence-electron chi connectivity index (χ0n) is 12.2. The van der Waals surface area contributed by atoms with E-state index in [1.165, 1.54) is 0 Å². The molecule has 0 heterocycles. The van der Waals surface area contributed by atoms with Crippen LogP contribution in [0.15, 0.2) is 23.1 Å². The van der Waals surface area contributed by atoms with Gasteiger partial charge in [0, 0.05) is 26.3 Å². The average Bonchev–Trinajstić information content (AvgIpc) is 2.42. The molecule has 5 nitrogen and oxygen atoms in total. The summed E-state index contributed by atoms with van der Waals surface area (Å²) in [6.45, 7) is 5.97. The highest BCUT2D eigenvalue weighted by Crippen LogP contribution is 2.14. The topological polar surface area (TPSA) is 81.4 Å². The fraction of sp³-hybridized carbons (Fsp3) is 0.571. The molecule has 0 spiro atoms. The Morgan fingerprint density at radius 1 is 1.30 bits per heavy atom. The fourth-order valence-corrected chi connectivity index (χ4v) is 2.93. The van der Waals surface area contributed by atoms with Gasteiger partial charge in [-0.2, -0.15) is 0 Å². The first kappa shape index (κ1) is 17.1. The predicted octanol–water partition coefficient (Wildman–Crippen LogP) is 1.55. The summed E-state index contributed by atoms with van der Waals surface area (Å²) in [5.74, 6) is 0. The first-order chi connectivity index (χ1) is 9.51. The van der Waals surface area contributed by atoms with Crippen LogP contribution in [0.25, 0.3) is 0 Å². The van der Waals surface area contributed by atoms with Crippen LogP contribution in [0.5, 0.6) is 0 Å². The van der Waals surface area contributed by atoms with Crippen molar-refractivity contribution in [2.45, 2.75) is 38.1 Å². The summed E-state index contributed by atoms with van der Waals surface area (Å²) in [7, 11) is -3.45. The standard InChI is InChI=1S/C14H24N2O3S/c1-3-8-19-9-4-7-16-20(17,18)14-6-5-13(11-15)12(2)10-14/h5-6,10,16H,3-4,7-9,11,15H2,1-2H3. The summed E-state index contributed by atoms with van der Waals surface area (Å²) in [5.41, 5.74) is 7.41. The Morgan fingerprint density at radius 2 is 2.05 bits per heavy atom. The summed E-state index contributed by atoms with van der Waals surface area (Å²) >= 11 is 0. The molecule has 0 bridgehead atoms. The van der Waals surface area contributed by atoms with E-state index in [-0.39, 0.29) is 4.90 Å². The van der Waals surface area contributed by atoms with Gasteiger partial charge >= 0.3 is 0 Å². The van der Waals surface area contributed by atoms with Crippen LogP contribution in [0.2, 0.25) is 0 Å². The maximum Gasteiger partial charge on any atom is 0.240 e. The van der Waals surface area contributed by atoms with Gasteiger partial charge in [-0.25, -0.2) is 13.1 Å². The van der Waals surface area contributed by atoms with Crippen molar-refractivity contribution < 1.29 is 13.2 Å². The lowest BCUT2D eigenvalue weighted by Crippen LogP contribution is -2.25. The molecule has 0 saturated carbocycles. The molecule has 0 amide bonds. The van der Waals surface area contributed by atoms with E-state index in [1.54, 1.807) is 18.2 Å². The smallest absolute Gasteiger partial charge is 0.240 e.